The SMILES string of the molecule is CS(=O)(=O)c1cc(C(F)(F)F)cnc1C(=O)NCc1ccccc1S(=O)(=O)c1cccc(C(F)(F)F)c1. The van der Waals surface area contributed by atoms with Crippen molar-refractivity contribution in [2.24, 2.45) is 0 Å². The number of benzene rings is 2. The van der Waals surface area contributed by atoms with E-state index >= 15 is 0 Å². The molecule has 7 nitrogen and oxygen atoms in total. The van der Waals surface area contributed by atoms with Gasteiger partial charge in [0.05, 0.1) is 25.8 Å². The summed E-state index contributed by atoms with van der Waals surface area (Å²) in [5.41, 5.74) is -3.53. The Bertz CT molecular complexity index is 1570. The van der Waals surface area contributed by atoms with E-state index in [1.807, 2.05) is 0 Å². The van der Waals surface area contributed by atoms with Gasteiger partial charge in [0.15, 0.2) is 9.84 Å². The van der Waals surface area contributed by atoms with Crippen molar-refractivity contribution in [2.45, 2.75) is 33.6 Å². The summed E-state index contributed by atoms with van der Waals surface area (Å²) >= 11 is 0. The summed E-state index contributed by atoms with van der Waals surface area (Å²) in [5, 5.41) is 2.19. The second kappa shape index (κ2) is 9.78. The maximum atomic E-state index is 13.1. The first-order valence-electron chi connectivity index (χ1n) is 9.98. The van der Waals surface area contributed by atoms with Crippen LogP contribution < -0.4 is 5.32 Å². The van der Waals surface area contributed by atoms with Crippen molar-refractivity contribution in [3.8, 4) is 0 Å². The monoisotopic (exact) mass is 566 g/mol. The minimum Gasteiger partial charge on any atom is -0.347 e. The number of alkyl halides is 6. The topological polar surface area (TPSA) is 110 Å². The van der Waals surface area contributed by atoms with E-state index in [-0.39, 0.29) is 17.8 Å². The lowest BCUT2D eigenvalue weighted by Gasteiger charge is -2.14. The molecular formula is C22H16F6N2O5S2. The molecule has 0 aliphatic carbocycles. The van der Waals surface area contributed by atoms with Crippen LogP contribution in [-0.2, 0) is 38.6 Å². The highest BCUT2D eigenvalue weighted by Gasteiger charge is 2.34. The number of rotatable bonds is 6. The van der Waals surface area contributed by atoms with Crippen LogP contribution in [0.5, 0.6) is 0 Å². The van der Waals surface area contributed by atoms with Crippen LogP contribution >= 0.6 is 0 Å². The van der Waals surface area contributed by atoms with Gasteiger partial charge in [-0.3, -0.25) is 4.79 Å². The lowest BCUT2D eigenvalue weighted by Crippen LogP contribution is -2.27. The molecule has 0 bridgehead atoms. The van der Waals surface area contributed by atoms with Crippen LogP contribution in [0.2, 0.25) is 0 Å². The number of carbonyl (C=O) groups excluding carboxylic acids is 1. The standard InChI is InChI=1S/C22H16F6N2O5S2/c1-36(32,33)18-10-15(22(26,27)28)12-29-19(18)20(31)30-11-13-5-2-3-8-17(13)37(34,35)16-7-4-6-14(9-16)21(23,24)25/h2-10,12H,11H2,1H3,(H,30,31). The van der Waals surface area contributed by atoms with Crippen molar-refractivity contribution in [1.82, 2.24) is 10.3 Å². The minimum absolute atomic E-state index is 0.0823. The van der Waals surface area contributed by atoms with Crippen molar-refractivity contribution in [2.75, 3.05) is 6.26 Å². The first-order valence-corrected chi connectivity index (χ1v) is 13.4. The van der Waals surface area contributed by atoms with Gasteiger partial charge in [0.25, 0.3) is 5.91 Å². The molecule has 2 aromatic carbocycles. The molecule has 1 amide bonds. The van der Waals surface area contributed by atoms with Crippen LogP contribution in [0.3, 0.4) is 0 Å². The van der Waals surface area contributed by atoms with E-state index in [1.165, 1.54) is 18.2 Å². The lowest BCUT2D eigenvalue weighted by molar-refractivity contribution is -0.138. The van der Waals surface area contributed by atoms with Gasteiger partial charge in [-0.2, -0.15) is 26.3 Å². The Hall–Kier alpha value is -3.46. The molecule has 0 atom stereocenters. The molecule has 0 fully saturated rings. The van der Waals surface area contributed by atoms with Crippen LogP contribution in [0.1, 0.15) is 27.2 Å². The van der Waals surface area contributed by atoms with Gasteiger partial charge in [-0.05, 0) is 35.9 Å². The third-order valence-electron chi connectivity index (χ3n) is 4.97. The van der Waals surface area contributed by atoms with E-state index in [1.54, 1.807) is 0 Å². The van der Waals surface area contributed by atoms with Crippen molar-refractivity contribution in [1.29, 1.82) is 0 Å². The average Bonchev–Trinajstić information content (AvgIpc) is 2.80. The number of hydrogen-bond donors (Lipinski definition) is 1. The largest absolute Gasteiger partial charge is 0.417 e. The third kappa shape index (κ3) is 6.28. The second-order valence-corrected chi connectivity index (χ2v) is 11.6. The molecule has 1 heterocycles. The fourth-order valence-corrected chi connectivity index (χ4v) is 5.57. The molecule has 0 saturated heterocycles. The summed E-state index contributed by atoms with van der Waals surface area (Å²) in [4.78, 5) is 13.9. The number of amides is 1. The van der Waals surface area contributed by atoms with Crippen LogP contribution in [0.25, 0.3) is 0 Å². The van der Waals surface area contributed by atoms with Crippen molar-refractivity contribution < 1.29 is 48.0 Å². The predicted octanol–water partition coefficient (Wildman–Crippen LogP) is 4.29. The maximum absolute atomic E-state index is 13.1. The van der Waals surface area contributed by atoms with Gasteiger partial charge >= 0.3 is 12.4 Å². The summed E-state index contributed by atoms with van der Waals surface area (Å²) in [7, 11) is -8.85. The Morgan fingerprint density at radius 1 is 0.838 bits per heavy atom. The molecule has 3 rings (SSSR count). The van der Waals surface area contributed by atoms with Gasteiger partial charge in [-0.1, -0.05) is 24.3 Å². The first kappa shape index (κ1) is 28.1. The minimum atomic E-state index is -4.93. The molecule has 0 aliphatic heterocycles. The van der Waals surface area contributed by atoms with E-state index in [4.69, 9.17) is 0 Å². The predicted molar refractivity (Wildman–Crippen MR) is 117 cm³/mol. The Labute approximate surface area is 207 Å². The summed E-state index contributed by atoms with van der Waals surface area (Å²) in [5.74, 6) is -1.22. The highest BCUT2D eigenvalue weighted by Crippen LogP contribution is 2.33. The van der Waals surface area contributed by atoms with E-state index in [9.17, 15) is 48.0 Å². The van der Waals surface area contributed by atoms with Gasteiger partial charge in [0, 0.05) is 19.0 Å². The number of pyridine rings is 1. The van der Waals surface area contributed by atoms with Crippen LogP contribution in [-0.4, -0.2) is 34.0 Å². The molecule has 0 spiro atoms. The van der Waals surface area contributed by atoms with Crippen molar-refractivity contribution in [3.05, 3.63) is 83.2 Å². The summed E-state index contributed by atoms with van der Waals surface area (Å²) < 4.78 is 128. The van der Waals surface area contributed by atoms with Crippen molar-refractivity contribution in [3.63, 3.8) is 0 Å². The second-order valence-electron chi connectivity index (χ2n) is 7.66. The zero-order valence-corrected chi connectivity index (χ0v) is 20.2. The molecule has 0 saturated carbocycles. The number of sulfone groups is 2. The Morgan fingerprint density at radius 3 is 2.05 bits per heavy atom. The zero-order valence-electron chi connectivity index (χ0n) is 18.6. The van der Waals surface area contributed by atoms with Crippen LogP contribution in [0, 0.1) is 0 Å². The van der Waals surface area contributed by atoms with Gasteiger partial charge < -0.3 is 5.32 Å². The Balaban J connectivity index is 1.96. The van der Waals surface area contributed by atoms with E-state index in [0.29, 0.717) is 18.4 Å². The average molecular weight is 567 g/mol. The van der Waals surface area contributed by atoms with Gasteiger partial charge in [-0.25, -0.2) is 21.8 Å². The van der Waals surface area contributed by atoms with E-state index in [0.717, 1.165) is 18.2 Å². The van der Waals surface area contributed by atoms with Gasteiger partial charge in [0.1, 0.15) is 5.69 Å². The van der Waals surface area contributed by atoms with E-state index < -0.39 is 76.0 Å². The number of nitrogens with one attached hydrogen (secondary N) is 1. The molecular weight excluding hydrogens is 550 g/mol. The van der Waals surface area contributed by atoms with Crippen LogP contribution in [0.4, 0.5) is 26.3 Å². The molecule has 37 heavy (non-hydrogen) atoms. The first-order chi connectivity index (χ1) is 16.9. The molecule has 0 aliphatic rings. The summed E-state index contributed by atoms with van der Waals surface area (Å²) in [6.07, 6.45) is -8.88. The molecule has 198 valence electrons. The fraction of sp³-hybridized carbons (Fsp3) is 0.182. The number of carbonyl (C=O) groups is 1. The maximum Gasteiger partial charge on any atom is 0.417 e. The Kier molecular flexibility index (Phi) is 7.43. The fourth-order valence-electron chi connectivity index (χ4n) is 3.19. The van der Waals surface area contributed by atoms with Crippen LogP contribution in [0.15, 0.2) is 75.5 Å². The van der Waals surface area contributed by atoms with Gasteiger partial charge in [-0.15, -0.1) is 0 Å². The summed E-state index contributed by atoms with van der Waals surface area (Å²) in [6.45, 7) is -0.570. The molecule has 1 N–H and O–H groups in total. The highest BCUT2D eigenvalue weighted by molar-refractivity contribution is 7.91. The Morgan fingerprint density at radius 2 is 1.46 bits per heavy atom. The quantitative estimate of drug-likeness (QED) is 0.446. The zero-order chi connectivity index (χ0) is 27.8. The molecule has 15 heteroatoms. The van der Waals surface area contributed by atoms with E-state index in [2.05, 4.69) is 10.3 Å². The number of nitrogens with zero attached hydrogens (tertiary/aromatic N) is 1. The molecule has 1 aromatic heterocycles. The number of hydrogen-bond acceptors (Lipinski definition) is 6. The molecule has 3 aromatic rings. The smallest absolute Gasteiger partial charge is 0.347 e. The molecule has 0 radical (unpaired) electrons. The normalized spacial score (nSPS) is 12.8. The van der Waals surface area contributed by atoms with Gasteiger partial charge in [0.2, 0.25) is 9.84 Å². The lowest BCUT2D eigenvalue weighted by atomic mass is 10.2. The number of halogens is 6. The summed E-state index contributed by atoms with van der Waals surface area (Å²) in [6, 6.07) is 8.30. The number of aromatic nitrogens is 1. The van der Waals surface area contributed by atoms with Crippen molar-refractivity contribution >= 4 is 25.6 Å². The molecule has 0 unspecified atom stereocenters. The third-order valence-corrected chi connectivity index (χ3v) is 7.93. The highest BCUT2D eigenvalue weighted by atomic mass is 32.2.